The lowest BCUT2D eigenvalue weighted by molar-refractivity contribution is 0.669. The predicted octanol–water partition coefficient (Wildman–Crippen LogP) is 10.2. The van der Waals surface area contributed by atoms with Crippen LogP contribution in [0.15, 0.2) is 178 Å². The van der Waals surface area contributed by atoms with Crippen molar-refractivity contribution in [2.75, 3.05) is 4.90 Å². The maximum Gasteiger partial charge on any atom is 0.207 e. The molecule has 0 bridgehead atoms. The second kappa shape index (κ2) is 10.9. The molecule has 6 nitrogen and oxygen atoms in total. The molecule has 2 aromatic heterocycles. The number of fused-ring (bicyclic) bond motifs is 9. The maximum atomic E-state index is 6.19. The number of guanidine groups is 1. The highest BCUT2D eigenvalue weighted by molar-refractivity contribution is 6.17. The van der Waals surface area contributed by atoms with Crippen LogP contribution in [0.4, 0.5) is 5.69 Å². The summed E-state index contributed by atoms with van der Waals surface area (Å²) in [6.45, 7) is 0. The summed E-state index contributed by atoms with van der Waals surface area (Å²) in [6, 6.07) is 49.2. The number of aliphatic imine (C=N–C) groups is 2. The summed E-state index contributed by atoms with van der Waals surface area (Å²) in [5.74, 6) is 1.80. The highest BCUT2D eigenvalue weighted by Crippen LogP contribution is 2.44. The topological polar surface area (TPSA) is 58.1 Å². The van der Waals surface area contributed by atoms with Gasteiger partial charge in [0.15, 0.2) is 6.17 Å². The molecule has 2 aliphatic heterocycles. The molecule has 1 aliphatic carbocycles. The Morgan fingerprint density at radius 1 is 0.588 bits per heavy atom. The quantitative estimate of drug-likeness (QED) is 0.206. The fourth-order valence-electron chi connectivity index (χ4n) is 8.27. The van der Waals surface area contributed by atoms with Crippen LogP contribution >= 0.6 is 0 Å². The Kier molecular flexibility index (Phi) is 6.04. The third kappa shape index (κ3) is 4.29. The molecule has 8 aromatic rings. The SMILES string of the molecule is C1=CC2c3ccccc3N(C3=NC(c4ccc5c6ccccc6n(-c6ccccc6)c5c4)N=C(c4ccc5oc6ccccc6c5c4)N3)C2C=C1. The van der Waals surface area contributed by atoms with Crippen molar-refractivity contribution in [3.8, 4) is 5.69 Å². The van der Waals surface area contributed by atoms with Gasteiger partial charge in [0, 0.05) is 50.0 Å². The Morgan fingerprint density at radius 2 is 1.35 bits per heavy atom. The predicted molar refractivity (Wildman–Crippen MR) is 208 cm³/mol. The molecule has 242 valence electrons. The van der Waals surface area contributed by atoms with Gasteiger partial charge in [-0.1, -0.05) is 109 Å². The van der Waals surface area contributed by atoms with Crippen molar-refractivity contribution < 1.29 is 4.42 Å². The molecular formula is C45H31N5O. The molecule has 6 heteroatoms. The molecule has 0 spiro atoms. The minimum atomic E-state index is -0.478. The number of furan rings is 1. The zero-order chi connectivity index (χ0) is 33.5. The molecule has 0 amide bonds. The van der Waals surface area contributed by atoms with Crippen molar-refractivity contribution in [2.45, 2.75) is 18.1 Å². The van der Waals surface area contributed by atoms with Crippen molar-refractivity contribution in [1.29, 1.82) is 0 Å². The molecule has 0 saturated carbocycles. The lowest BCUT2D eigenvalue weighted by Gasteiger charge is -2.33. The van der Waals surface area contributed by atoms with E-state index in [4.69, 9.17) is 14.4 Å². The number of aromatic nitrogens is 1. The summed E-state index contributed by atoms with van der Waals surface area (Å²) >= 11 is 0. The molecule has 4 heterocycles. The number of nitrogens with zero attached hydrogens (tertiary/aromatic N) is 4. The third-order valence-electron chi connectivity index (χ3n) is 10.6. The smallest absolute Gasteiger partial charge is 0.207 e. The van der Waals surface area contributed by atoms with E-state index >= 15 is 0 Å². The van der Waals surface area contributed by atoms with Crippen LogP contribution in [0.25, 0.3) is 49.4 Å². The van der Waals surface area contributed by atoms with Crippen LogP contribution in [0.5, 0.6) is 0 Å². The van der Waals surface area contributed by atoms with Gasteiger partial charge in [-0.25, -0.2) is 9.98 Å². The summed E-state index contributed by atoms with van der Waals surface area (Å²) in [4.78, 5) is 13.1. The van der Waals surface area contributed by atoms with Crippen LogP contribution in [0.1, 0.15) is 28.8 Å². The molecule has 51 heavy (non-hydrogen) atoms. The molecular weight excluding hydrogens is 627 g/mol. The Labute approximate surface area is 294 Å². The zero-order valence-electron chi connectivity index (χ0n) is 27.5. The summed E-state index contributed by atoms with van der Waals surface area (Å²) in [5.41, 5.74) is 9.62. The fourth-order valence-corrected chi connectivity index (χ4v) is 8.27. The summed E-state index contributed by atoms with van der Waals surface area (Å²) < 4.78 is 8.54. The average Bonchev–Trinajstić information content (AvgIpc) is 3.85. The number of amidine groups is 1. The van der Waals surface area contributed by atoms with Gasteiger partial charge in [0.25, 0.3) is 0 Å². The van der Waals surface area contributed by atoms with Gasteiger partial charge in [-0.3, -0.25) is 0 Å². The van der Waals surface area contributed by atoms with Gasteiger partial charge in [0.2, 0.25) is 5.96 Å². The summed E-state index contributed by atoms with van der Waals surface area (Å²) in [6.07, 6.45) is 8.40. The molecule has 1 N–H and O–H groups in total. The van der Waals surface area contributed by atoms with Crippen LogP contribution in [0.3, 0.4) is 0 Å². The molecule has 0 radical (unpaired) electrons. The molecule has 11 rings (SSSR count). The normalized spacial score (nSPS) is 19.4. The van der Waals surface area contributed by atoms with Crippen molar-refractivity contribution in [1.82, 2.24) is 9.88 Å². The van der Waals surface area contributed by atoms with Gasteiger partial charge < -0.3 is 19.2 Å². The van der Waals surface area contributed by atoms with Crippen LogP contribution < -0.4 is 10.2 Å². The molecule has 3 atom stereocenters. The van der Waals surface area contributed by atoms with E-state index in [-0.39, 0.29) is 12.0 Å². The minimum absolute atomic E-state index is 0.0991. The maximum absolute atomic E-state index is 6.19. The lowest BCUT2D eigenvalue weighted by atomic mass is 9.91. The van der Waals surface area contributed by atoms with Crippen LogP contribution in [-0.2, 0) is 0 Å². The van der Waals surface area contributed by atoms with Crippen molar-refractivity contribution in [3.63, 3.8) is 0 Å². The number of hydrogen-bond donors (Lipinski definition) is 1. The third-order valence-corrected chi connectivity index (χ3v) is 10.6. The first kappa shape index (κ1) is 28.2. The first-order valence-electron chi connectivity index (χ1n) is 17.4. The Bertz CT molecular complexity index is 2820. The number of rotatable bonds is 3. The summed E-state index contributed by atoms with van der Waals surface area (Å²) in [7, 11) is 0. The highest BCUT2D eigenvalue weighted by atomic mass is 16.3. The monoisotopic (exact) mass is 657 g/mol. The summed E-state index contributed by atoms with van der Waals surface area (Å²) in [5, 5.41) is 8.29. The minimum Gasteiger partial charge on any atom is -0.456 e. The largest absolute Gasteiger partial charge is 0.456 e. The van der Waals surface area contributed by atoms with Gasteiger partial charge in [0.05, 0.1) is 17.1 Å². The van der Waals surface area contributed by atoms with Crippen molar-refractivity contribution in [2.24, 2.45) is 9.98 Å². The van der Waals surface area contributed by atoms with E-state index in [1.807, 2.05) is 12.1 Å². The number of allylic oxidation sites excluding steroid dienone is 2. The number of benzene rings is 6. The number of para-hydroxylation sites is 4. The van der Waals surface area contributed by atoms with Gasteiger partial charge in [-0.05, 0) is 60.2 Å². The van der Waals surface area contributed by atoms with E-state index in [0.717, 1.165) is 61.8 Å². The van der Waals surface area contributed by atoms with Gasteiger partial charge in [0.1, 0.15) is 17.0 Å². The molecule has 6 aromatic carbocycles. The van der Waals surface area contributed by atoms with Gasteiger partial charge in [-0.15, -0.1) is 0 Å². The van der Waals surface area contributed by atoms with E-state index in [9.17, 15) is 0 Å². The average molecular weight is 658 g/mol. The lowest BCUT2D eigenvalue weighted by Crippen LogP contribution is -2.50. The van der Waals surface area contributed by atoms with E-state index < -0.39 is 6.17 Å². The Hall–Kier alpha value is -6.66. The van der Waals surface area contributed by atoms with Crippen LogP contribution in [-0.4, -0.2) is 22.4 Å². The first-order valence-corrected chi connectivity index (χ1v) is 17.4. The van der Waals surface area contributed by atoms with E-state index in [2.05, 4.69) is 166 Å². The molecule has 3 unspecified atom stereocenters. The Morgan fingerprint density at radius 3 is 2.29 bits per heavy atom. The standard InChI is InChI=1S/C45H31N5O/c1-2-12-30(13-3-1)49-37-18-8-4-16-33(37)34-24-22-29(27-40(34)49)44-46-43(28-23-25-42-36(26-28)35-17-7-11-21-41(35)51-42)47-45(48-44)50-38-19-9-5-14-31(38)32-15-6-10-20-39(32)50/h1-27,31,38,44H,(H,46,47,48). The number of hydrogen-bond acceptors (Lipinski definition) is 5. The van der Waals surface area contributed by atoms with E-state index in [1.54, 1.807) is 0 Å². The van der Waals surface area contributed by atoms with Gasteiger partial charge in [-0.2, -0.15) is 0 Å². The number of nitrogens with one attached hydrogen (secondary N) is 1. The molecule has 0 saturated heterocycles. The fraction of sp³-hybridized carbons (Fsp3) is 0.0667. The second-order valence-corrected chi connectivity index (χ2v) is 13.4. The van der Waals surface area contributed by atoms with E-state index in [1.165, 1.54) is 21.9 Å². The Balaban J connectivity index is 1.11. The number of anilines is 1. The van der Waals surface area contributed by atoms with Crippen LogP contribution in [0.2, 0.25) is 0 Å². The first-order chi connectivity index (χ1) is 25.3. The highest BCUT2D eigenvalue weighted by Gasteiger charge is 2.40. The molecule has 0 fully saturated rings. The zero-order valence-corrected chi connectivity index (χ0v) is 27.5. The van der Waals surface area contributed by atoms with Crippen molar-refractivity contribution in [3.05, 3.63) is 181 Å². The second-order valence-electron chi connectivity index (χ2n) is 13.4. The van der Waals surface area contributed by atoms with Crippen molar-refractivity contribution >= 4 is 61.2 Å². The van der Waals surface area contributed by atoms with Gasteiger partial charge >= 0.3 is 0 Å². The molecule has 3 aliphatic rings. The van der Waals surface area contributed by atoms with E-state index in [0.29, 0.717) is 0 Å². The van der Waals surface area contributed by atoms with Crippen LogP contribution in [0, 0.1) is 0 Å².